The van der Waals surface area contributed by atoms with Crippen molar-refractivity contribution in [3.63, 3.8) is 0 Å². The number of halogens is 4. The van der Waals surface area contributed by atoms with Crippen molar-refractivity contribution in [1.82, 2.24) is 0 Å². The van der Waals surface area contributed by atoms with Gasteiger partial charge in [-0.3, -0.25) is 18.8 Å². The fourth-order valence-corrected chi connectivity index (χ4v) is 0. The molecular formula is C8H28F4. The van der Waals surface area contributed by atoms with Crippen LogP contribution in [0.1, 0.15) is 55.4 Å². The fraction of sp³-hybridized carbons (Fsp3) is 1.00. The molecule has 0 aliphatic heterocycles. The van der Waals surface area contributed by atoms with Crippen molar-refractivity contribution in [2.75, 3.05) is 0 Å². The van der Waals surface area contributed by atoms with Crippen LogP contribution in [0.3, 0.4) is 0 Å². The first-order valence-corrected chi connectivity index (χ1v) is 4.00. The highest BCUT2D eigenvalue weighted by Gasteiger charge is 0.938. The third kappa shape index (κ3) is 9430. The van der Waals surface area contributed by atoms with E-state index in [-0.39, 0.29) is 18.8 Å². The molecule has 0 fully saturated rings. The monoisotopic (exact) mass is 200 g/mol. The van der Waals surface area contributed by atoms with Gasteiger partial charge in [0.1, 0.15) is 0 Å². The summed E-state index contributed by atoms with van der Waals surface area (Å²) in [5.41, 5.74) is 0. The summed E-state index contributed by atoms with van der Waals surface area (Å²) in [6.45, 7) is 16.0. The molecule has 0 bridgehead atoms. The van der Waals surface area contributed by atoms with Gasteiger partial charge in [-0.25, -0.2) is 0 Å². The lowest BCUT2D eigenvalue weighted by Gasteiger charge is -1.07. The maximum Gasteiger partial charge on any atom is -0.0683 e. The van der Waals surface area contributed by atoms with E-state index in [4.69, 9.17) is 0 Å². The van der Waals surface area contributed by atoms with E-state index in [9.17, 15) is 0 Å². The molecule has 0 heterocycles. The molecule has 0 atom stereocenters. The molecule has 0 rings (SSSR count). The van der Waals surface area contributed by atoms with Gasteiger partial charge in [-0.15, -0.1) is 0 Å². The van der Waals surface area contributed by atoms with E-state index in [1.54, 1.807) is 0 Å². The van der Waals surface area contributed by atoms with E-state index in [1.807, 2.05) is 55.4 Å². The highest BCUT2D eigenvalue weighted by molar-refractivity contribution is 3.51. The molecular weight excluding hydrogens is 172 g/mol. The Kier molecular flexibility index (Phi) is 105000. The van der Waals surface area contributed by atoms with E-state index < -0.39 is 0 Å². The number of hydrogen-bond acceptors (Lipinski definition) is 0. The zero-order valence-corrected chi connectivity index (χ0v) is 9.63. The van der Waals surface area contributed by atoms with Crippen LogP contribution in [-0.2, 0) is 0 Å². The SMILES string of the molecule is CC.CC.CC.CC.F.F.F.F. The van der Waals surface area contributed by atoms with Gasteiger partial charge in [0.25, 0.3) is 0 Å². The molecule has 0 saturated heterocycles. The minimum absolute atomic E-state index is 0. The minimum Gasteiger partial charge on any atom is -0.269 e. The molecule has 88 valence electrons. The zero-order valence-electron chi connectivity index (χ0n) is 9.63. The van der Waals surface area contributed by atoms with Gasteiger partial charge in [-0.1, -0.05) is 55.4 Å². The van der Waals surface area contributed by atoms with Gasteiger partial charge >= 0.3 is 0 Å². The molecule has 0 aromatic rings. The van der Waals surface area contributed by atoms with Crippen LogP contribution in [0.25, 0.3) is 0 Å². The van der Waals surface area contributed by atoms with Crippen LogP contribution < -0.4 is 0 Å². The second-order valence-corrected chi connectivity index (χ2v) is 0. The van der Waals surface area contributed by atoms with E-state index in [0.29, 0.717) is 0 Å². The van der Waals surface area contributed by atoms with Gasteiger partial charge in [-0.2, -0.15) is 0 Å². The lowest BCUT2D eigenvalue weighted by Crippen LogP contribution is -0.856. The van der Waals surface area contributed by atoms with Crippen LogP contribution in [0.4, 0.5) is 18.8 Å². The fourth-order valence-electron chi connectivity index (χ4n) is 0. The Bertz CT molecular complexity index is 11.0. The standard InChI is InChI=1S/4C2H6.4FH/c4*1-2;;;;/h4*1-2H3;4*1H. The van der Waals surface area contributed by atoms with Crippen LogP contribution in [0, 0.1) is 0 Å². The van der Waals surface area contributed by atoms with Crippen molar-refractivity contribution >= 4 is 0 Å². The second-order valence-electron chi connectivity index (χ2n) is 0. The summed E-state index contributed by atoms with van der Waals surface area (Å²) in [7, 11) is 0. The van der Waals surface area contributed by atoms with E-state index in [0.717, 1.165) is 0 Å². The minimum atomic E-state index is 0. The molecule has 12 heavy (non-hydrogen) atoms. The van der Waals surface area contributed by atoms with Gasteiger partial charge in [0.2, 0.25) is 0 Å². The molecule has 0 N–H and O–H groups in total. The number of rotatable bonds is 0. The molecule has 0 saturated carbocycles. The summed E-state index contributed by atoms with van der Waals surface area (Å²) in [4.78, 5) is 0. The zero-order chi connectivity index (χ0) is 8.00. The van der Waals surface area contributed by atoms with Crippen molar-refractivity contribution in [3.8, 4) is 0 Å². The van der Waals surface area contributed by atoms with Gasteiger partial charge in [-0.05, 0) is 0 Å². The summed E-state index contributed by atoms with van der Waals surface area (Å²) in [6.07, 6.45) is 0. The maximum absolute atomic E-state index is 2.00. The molecule has 0 aromatic carbocycles. The second kappa shape index (κ2) is 12900. The number of hydrogen-bond donors (Lipinski definition) is 0. The predicted octanol–water partition coefficient (Wildman–Crippen LogP) is 4.71. The molecule has 4 heteroatoms. The molecule has 0 radical (unpaired) electrons. The lowest BCUT2D eigenvalue weighted by atomic mass is 11.0. The van der Waals surface area contributed by atoms with Crippen LogP contribution >= 0.6 is 0 Å². The van der Waals surface area contributed by atoms with Crippen molar-refractivity contribution in [3.05, 3.63) is 0 Å². The Labute approximate surface area is 75.2 Å². The summed E-state index contributed by atoms with van der Waals surface area (Å²) >= 11 is 0. The highest BCUT2D eigenvalue weighted by atomic mass is 19.0. The van der Waals surface area contributed by atoms with Crippen LogP contribution in [0.2, 0.25) is 0 Å². The van der Waals surface area contributed by atoms with Crippen molar-refractivity contribution in [1.29, 1.82) is 0 Å². The first-order chi connectivity index (χ1) is 4.00. The molecule has 0 aromatic heterocycles. The molecule has 0 aliphatic carbocycles. The Balaban J connectivity index is -0.00000000267. The quantitative estimate of drug-likeness (QED) is 0.496. The first kappa shape index (κ1) is 97.3. The highest BCUT2D eigenvalue weighted by Crippen LogP contribution is 1.15. The van der Waals surface area contributed by atoms with Gasteiger partial charge < -0.3 is 0 Å². The summed E-state index contributed by atoms with van der Waals surface area (Å²) in [5.74, 6) is 0. The van der Waals surface area contributed by atoms with Crippen molar-refractivity contribution in [2.24, 2.45) is 0 Å². The van der Waals surface area contributed by atoms with Crippen molar-refractivity contribution < 1.29 is 18.8 Å². The largest absolute Gasteiger partial charge is 0.269 e. The van der Waals surface area contributed by atoms with Crippen LogP contribution in [0.15, 0.2) is 0 Å². The maximum atomic E-state index is 2.00. The van der Waals surface area contributed by atoms with Crippen molar-refractivity contribution in [2.45, 2.75) is 55.4 Å². The van der Waals surface area contributed by atoms with E-state index in [2.05, 4.69) is 0 Å². The topological polar surface area (TPSA) is 0 Å². The summed E-state index contributed by atoms with van der Waals surface area (Å²) < 4.78 is 0. The van der Waals surface area contributed by atoms with Gasteiger partial charge in [0.05, 0.1) is 0 Å². The summed E-state index contributed by atoms with van der Waals surface area (Å²) in [5, 5.41) is 0. The molecule has 0 aliphatic rings. The third-order valence-electron chi connectivity index (χ3n) is 0. The van der Waals surface area contributed by atoms with Crippen LogP contribution in [-0.4, -0.2) is 0 Å². The Morgan fingerprint density at radius 2 is 0.250 bits per heavy atom. The average molecular weight is 200 g/mol. The third-order valence-corrected chi connectivity index (χ3v) is 0. The molecule has 0 unspecified atom stereocenters. The smallest absolute Gasteiger partial charge is 0.0683 e. The van der Waals surface area contributed by atoms with Gasteiger partial charge in [0.15, 0.2) is 0 Å². The van der Waals surface area contributed by atoms with Gasteiger partial charge in [0, 0.05) is 0 Å². The van der Waals surface area contributed by atoms with E-state index in [1.165, 1.54) is 0 Å². The Morgan fingerprint density at radius 3 is 0.250 bits per heavy atom. The Hall–Kier alpha value is -0.280. The average Bonchev–Trinajstić information content (AvgIpc) is 2.03. The molecule has 0 amide bonds. The normalized spacial score (nSPS) is 2.00. The predicted molar refractivity (Wildman–Crippen MR) is 55.4 cm³/mol. The molecule has 0 nitrogen and oxygen atoms in total. The van der Waals surface area contributed by atoms with Crippen LogP contribution in [0.5, 0.6) is 0 Å². The molecule has 0 spiro atoms. The summed E-state index contributed by atoms with van der Waals surface area (Å²) in [6, 6.07) is 0. The first-order valence-electron chi connectivity index (χ1n) is 4.00. The Morgan fingerprint density at radius 1 is 0.250 bits per heavy atom. The lowest BCUT2D eigenvalue weighted by molar-refractivity contribution is 1.11. The van der Waals surface area contributed by atoms with E-state index >= 15 is 0 Å².